The van der Waals surface area contributed by atoms with Gasteiger partial charge in [0.05, 0.1) is 0 Å². The van der Waals surface area contributed by atoms with Gasteiger partial charge in [0.15, 0.2) is 10.0 Å². The molecule has 0 spiro atoms. The standard InChI is InChI=1S/C15H13F3N2O2S.Ir/c16-15(17,18)23(21,22)20-14(12-9-5-2-6-10-12)13(19)11-7-3-1-4-8-11;/h1-10,13-14,19H;/q-2;/t13-,14-;/m0./s1. The quantitative estimate of drug-likeness (QED) is 0.556. The smallest absolute Gasteiger partial charge is 0.480 e. The maximum atomic E-state index is 12.6. The number of benzene rings is 2. The SMILES string of the molecule is [Ir].[NH-][C@@H](c1ccccc1)[C@@H]([N-]S(=O)(=O)C(F)(F)F)c1ccccc1. The Labute approximate surface area is 151 Å². The first kappa shape index (κ1) is 20.8. The zero-order chi connectivity index (χ0) is 17.1. The molecule has 0 heterocycles. The number of nitrogens with one attached hydrogen (secondary N) is 1. The van der Waals surface area contributed by atoms with Crippen LogP contribution in [-0.2, 0) is 30.1 Å². The van der Waals surface area contributed by atoms with Gasteiger partial charge in [-0.3, -0.25) is 0 Å². The van der Waals surface area contributed by atoms with Crippen LogP contribution in [0.1, 0.15) is 23.2 Å². The van der Waals surface area contributed by atoms with Crippen molar-refractivity contribution in [1.82, 2.24) is 0 Å². The molecule has 0 aliphatic rings. The van der Waals surface area contributed by atoms with Gasteiger partial charge in [-0.25, -0.2) is 8.42 Å². The van der Waals surface area contributed by atoms with Crippen LogP contribution in [0, 0.1) is 0 Å². The van der Waals surface area contributed by atoms with Crippen LogP contribution < -0.4 is 0 Å². The Hall–Kier alpha value is -1.25. The second-order valence-electron chi connectivity index (χ2n) is 4.77. The van der Waals surface area contributed by atoms with Crippen molar-refractivity contribution >= 4 is 10.0 Å². The predicted molar refractivity (Wildman–Crippen MR) is 81.0 cm³/mol. The van der Waals surface area contributed by atoms with Crippen LogP contribution in [0.4, 0.5) is 13.2 Å². The van der Waals surface area contributed by atoms with Gasteiger partial charge in [0.1, 0.15) is 0 Å². The molecular weight excluding hydrogens is 521 g/mol. The first-order valence-corrected chi connectivity index (χ1v) is 8.01. The summed E-state index contributed by atoms with van der Waals surface area (Å²) >= 11 is 0. The van der Waals surface area contributed by atoms with E-state index in [0.717, 1.165) is 0 Å². The van der Waals surface area contributed by atoms with Crippen molar-refractivity contribution in [1.29, 1.82) is 0 Å². The molecule has 24 heavy (non-hydrogen) atoms. The monoisotopic (exact) mass is 535 g/mol. The van der Waals surface area contributed by atoms with E-state index in [1.165, 1.54) is 12.1 Å². The molecule has 0 saturated carbocycles. The summed E-state index contributed by atoms with van der Waals surface area (Å²) in [6.07, 6.45) is 0. The zero-order valence-electron chi connectivity index (χ0n) is 12.1. The molecule has 1 N–H and O–H groups in total. The van der Waals surface area contributed by atoms with Crippen molar-refractivity contribution in [3.8, 4) is 0 Å². The third kappa shape index (κ3) is 4.87. The Morgan fingerprint density at radius 3 is 1.71 bits per heavy atom. The number of sulfonamides is 1. The van der Waals surface area contributed by atoms with Crippen LogP contribution in [0.2, 0.25) is 0 Å². The maximum absolute atomic E-state index is 12.6. The average molecular weight is 535 g/mol. The number of nitrogens with zero attached hydrogens (tertiary/aromatic N) is 1. The fraction of sp³-hybridized carbons (Fsp3) is 0.200. The van der Waals surface area contributed by atoms with Crippen LogP contribution in [0.3, 0.4) is 0 Å². The fourth-order valence-corrected chi connectivity index (χ4v) is 2.68. The van der Waals surface area contributed by atoms with Crippen molar-refractivity contribution in [3.05, 3.63) is 82.2 Å². The van der Waals surface area contributed by atoms with Gasteiger partial charge in [-0.1, -0.05) is 71.8 Å². The molecule has 0 amide bonds. The molecule has 2 atom stereocenters. The number of rotatable bonds is 5. The molecule has 0 fully saturated rings. The molecule has 2 aromatic carbocycles. The van der Waals surface area contributed by atoms with E-state index >= 15 is 0 Å². The van der Waals surface area contributed by atoms with Gasteiger partial charge in [0.2, 0.25) is 0 Å². The minimum absolute atomic E-state index is 0. The molecule has 0 aliphatic carbocycles. The Morgan fingerprint density at radius 1 is 0.875 bits per heavy atom. The van der Waals surface area contributed by atoms with Crippen LogP contribution >= 0.6 is 0 Å². The topological polar surface area (TPSA) is 72.0 Å². The maximum Gasteiger partial charge on any atom is 0.480 e. The summed E-state index contributed by atoms with van der Waals surface area (Å²) in [5, 5.41) is 0. The van der Waals surface area contributed by atoms with Gasteiger partial charge < -0.3 is 10.5 Å². The molecule has 4 nitrogen and oxygen atoms in total. The van der Waals surface area contributed by atoms with Crippen LogP contribution in [0.5, 0.6) is 0 Å². The summed E-state index contributed by atoms with van der Waals surface area (Å²) in [7, 11) is -5.69. The summed E-state index contributed by atoms with van der Waals surface area (Å²) in [6, 6.07) is 12.9. The van der Waals surface area contributed by atoms with E-state index in [1.54, 1.807) is 48.5 Å². The van der Waals surface area contributed by atoms with E-state index in [1.807, 2.05) is 0 Å². The molecule has 0 aromatic heterocycles. The van der Waals surface area contributed by atoms with Gasteiger partial charge in [-0.15, -0.1) is 12.1 Å². The van der Waals surface area contributed by atoms with E-state index in [9.17, 15) is 21.6 Å². The molecule has 0 saturated heterocycles. The minimum Gasteiger partial charge on any atom is -0.672 e. The third-order valence-corrected chi connectivity index (χ3v) is 4.25. The molecule has 0 unspecified atom stereocenters. The first-order valence-electron chi connectivity index (χ1n) is 6.57. The third-order valence-electron chi connectivity index (χ3n) is 3.16. The number of halogens is 3. The van der Waals surface area contributed by atoms with Crippen molar-refractivity contribution in [3.63, 3.8) is 0 Å². The summed E-state index contributed by atoms with van der Waals surface area (Å²) in [5.74, 6) is 0. The Balaban J connectivity index is 0.00000288. The van der Waals surface area contributed by atoms with E-state index in [-0.39, 0.29) is 25.7 Å². The normalized spacial score (nSPS) is 14.5. The van der Waals surface area contributed by atoms with Gasteiger partial charge in [-0.05, 0) is 0 Å². The largest absolute Gasteiger partial charge is 0.672 e. The molecular formula is C15H13F3IrN2O2S-2. The van der Waals surface area contributed by atoms with Gasteiger partial charge in [0, 0.05) is 20.1 Å². The van der Waals surface area contributed by atoms with Gasteiger partial charge >= 0.3 is 5.51 Å². The molecule has 2 rings (SSSR count). The van der Waals surface area contributed by atoms with E-state index < -0.39 is 27.6 Å². The van der Waals surface area contributed by atoms with E-state index in [2.05, 4.69) is 4.72 Å². The zero-order valence-corrected chi connectivity index (χ0v) is 15.3. The molecule has 0 bridgehead atoms. The van der Waals surface area contributed by atoms with Gasteiger partial charge in [-0.2, -0.15) is 13.2 Å². The second kappa shape index (κ2) is 8.22. The average Bonchev–Trinajstić information content (AvgIpc) is 2.52. The van der Waals surface area contributed by atoms with E-state index in [0.29, 0.717) is 5.56 Å². The van der Waals surface area contributed by atoms with Crippen LogP contribution in [-0.4, -0.2) is 13.9 Å². The number of hydrogen-bond donors (Lipinski definition) is 0. The minimum atomic E-state index is -5.69. The number of alkyl halides is 3. The Bertz CT molecular complexity index is 740. The molecule has 133 valence electrons. The Kier molecular flexibility index (Phi) is 7.12. The van der Waals surface area contributed by atoms with Crippen LogP contribution in [0.25, 0.3) is 10.5 Å². The van der Waals surface area contributed by atoms with E-state index in [4.69, 9.17) is 5.73 Å². The fourth-order valence-electron chi connectivity index (χ4n) is 2.02. The molecule has 9 heteroatoms. The van der Waals surface area contributed by atoms with Crippen molar-refractivity contribution < 1.29 is 41.7 Å². The molecule has 1 radical (unpaired) electrons. The molecule has 0 aliphatic heterocycles. The predicted octanol–water partition coefficient (Wildman–Crippen LogP) is 4.74. The summed E-state index contributed by atoms with van der Waals surface area (Å²) in [4.78, 5) is 0. The van der Waals surface area contributed by atoms with Crippen molar-refractivity contribution in [2.75, 3.05) is 0 Å². The summed E-state index contributed by atoms with van der Waals surface area (Å²) in [5.41, 5.74) is 3.28. The van der Waals surface area contributed by atoms with Crippen LogP contribution in [0.15, 0.2) is 60.7 Å². The van der Waals surface area contributed by atoms with Crippen molar-refractivity contribution in [2.24, 2.45) is 0 Å². The summed E-state index contributed by atoms with van der Waals surface area (Å²) in [6.45, 7) is 0. The van der Waals surface area contributed by atoms with Crippen molar-refractivity contribution in [2.45, 2.75) is 17.6 Å². The second-order valence-corrected chi connectivity index (χ2v) is 6.39. The van der Waals surface area contributed by atoms with Gasteiger partial charge in [0.25, 0.3) is 0 Å². The molecule has 2 aromatic rings. The number of hydrogen-bond acceptors (Lipinski definition) is 2. The Morgan fingerprint density at radius 2 is 1.29 bits per heavy atom. The first-order chi connectivity index (χ1) is 10.7. The summed E-state index contributed by atoms with van der Waals surface area (Å²) < 4.78 is 63.7.